The summed E-state index contributed by atoms with van der Waals surface area (Å²) in [4.78, 5) is 20.9. The van der Waals surface area contributed by atoms with Crippen molar-refractivity contribution in [2.75, 3.05) is 7.11 Å². The highest BCUT2D eigenvalue weighted by Crippen LogP contribution is 1.93. The van der Waals surface area contributed by atoms with Crippen LogP contribution in [0.1, 0.15) is 6.92 Å². The number of carbonyl (C=O) groups is 2. The van der Waals surface area contributed by atoms with E-state index < -0.39 is 24.2 Å². The van der Waals surface area contributed by atoms with Crippen LogP contribution in [0.3, 0.4) is 0 Å². The van der Waals surface area contributed by atoms with Crippen LogP contribution in [0.4, 0.5) is 4.79 Å². The molecule has 0 aliphatic rings. The van der Waals surface area contributed by atoms with Crippen LogP contribution in [0, 0.1) is 0 Å². The molecular weight excluding hydrogens is 166 g/mol. The molecule has 1 unspecified atom stereocenters. The molecule has 6 nitrogen and oxygen atoms in total. The maximum absolute atomic E-state index is 10.5. The van der Waals surface area contributed by atoms with Gasteiger partial charge in [0.1, 0.15) is 0 Å². The summed E-state index contributed by atoms with van der Waals surface area (Å²) in [6, 6.07) is -1.34. The largest absolute Gasteiger partial charge is 0.480 e. The van der Waals surface area contributed by atoms with Gasteiger partial charge in [0.2, 0.25) is 0 Å². The van der Waals surface area contributed by atoms with Gasteiger partial charge in [-0.1, -0.05) is 0 Å². The quantitative estimate of drug-likeness (QED) is 0.523. The first kappa shape index (κ1) is 10.7. The number of aliphatic carboxylic acids is 1. The molecule has 0 fully saturated rings. The number of carboxylic acids is 1. The van der Waals surface area contributed by atoms with E-state index in [-0.39, 0.29) is 0 Å². The van der Waals surface area contributed by atoms with Crippen molar-refractivity contribution in [1.82, 2.24) is 5.32 Å². The number of rotatable bonds is 3. The molecule has 0 radical (unpaired) electrons. The maximum Gasteiger partial charge on any atom is 0.407 e. The molecule has 0 aromatic rings. The predicted octanol–water partition coefficient (Wildman–Crippen LogP) is -0.824. The number of methoxy groups -OCH3 is 1. The Morgan fingerprint density at radius 1 is 1.50 bits per heavy atom. The standard InChI is InChI=1S/C6H11NO5/c1-3(8)4(5(9)10)7-6(11)12-2/h3-4,8H,1-2H3,(H,7,11)(H,9,10)/t3-,4?/m1/s1. The summed E-state index contributed by atoms with van der Waals surface area (Å²) in [5, 5.41) is 19.3. The molecule has 0 rings (SSSR count). The van der Waals surface area contributed by atoms with Gasteiger partial charge in [-0.15, -0.1) is 0 Å². The van der Waals surface area contributed by atoms with E-state index in [1.54, 1.807) is 0 Å². The first-order valence-electron chi connectivity index (χ1n) is 3.24. The van der Waals surface area contributed by atoms with E-state index in [9.17, 15) is 9.59 Å². The number of alkyl carbamates (subject to hydrolysis) is 1. The summed E-state index contributed by atoms with van der Waals surface area (Å²) in [5.41, 5.74) is 0. The van der Waals surface area contributed by atoms with Gasteiger partial charge in [0, 0.05) is 0 Å². The van der Waals surface area contributed by atoms with Gasteiger partial charge in [-0.05, 0) is 6.92 Å². The highest BCUT2D eigenvalue weighted by molar-refractivity contribution is 5.80. The van der Waals surface area contributed by atoms with E-state index in [1.165, 1.54) is 6.92 Å². The van der Waals surface area contributed by atoms with Crippen molar-refractivity contribution in [3.63, 3.8) is 0 Å². The Labute approximate surface area is 69.1 Å². The Bertz CT molecular complexity index is 179. The van der Waals surface area contributed by atoms with Crippen LogP contribution in [0.2, 0.25) is 0 Å². The maximum atomic E-state index is 10.5. The SMILES string of the molecule is COC(=O)NC(C(=O)O)[C@@H](C)O. The zero-order valence-corrected chi connectivity index (χ0v) is 6.77. The van der Waals surface area contributed by atoms with Crippen LogP contribution >= 0.6 is 0 Å². The molecule has 6 heteroatoms. The fraction of sp³-hybridized carbons (Fsp3) is 0.667. The molecule has 0 spiro atoms. The van der Waals surface area contributed by atoms with Crippen LogP contribution < -0.4 is 5.32 Å². The number of ether oxygens (including phenoxy) is 1. The van der Waals surface area contributed by atoms with E-state index >= 15 is 0 Å². The van der Waals surface area contributed by atoms with Gasteiger partial charge in [-0.25, -0.2) is 9.59 Å². The third-order valence-corrected chi connectivity index (χ3v) is 1.21. The van der Waals surface area contributed by atoms with Crippen molar-refractivity contribution < 1.29 is 24.5 Å². The minimum Gasteiger partial charge on any atom is -0.480 e. The number of nitrogens with one attached hydrogen (secondary N) is 1. The lowest BCUT2D eigenvalue weighted by molar-refractivity contribution is -0.141. The third-order valence-electron chi connectivity index (χ3n) is 1.21. The van der Waals surface area contributed by atoms with E-state index in [0.717, 1.165) is 7.11 Å². The summed E-state index contributed by atoms with van der Waals surface area (Å²) in [5.74, 6) is -1.31. The summed E-state index contributed by atoms with van der Waals surface area (Å²) in [6.45, 7) is 1.26. The van der Waals surface area contributed by atoms with Gasteiger partial charge in [0.25, 0.3) is 0 Å². The van der Waals surface area contributed by atoms with Gasteiger partial charge in [-0.2, -0.15) is 0 Å². The highest BCUT2D eigenvalue weighted by atomic mass is 16.5. The number of amides is 1. The fourth-order valence-corrected chi connectivity index (χ4v) is 0.575. The highest BCUT2D eigenvalue weighted by Gasteiger charge is 2.24. The monoisotopic (exact) mass is 177 g/mol. The molecule has 1 amide bonds. The lowest BCUT2D eigenvalue weighted by Crippen LogP contribution is -2.47. The first-order valence-corrected chi connectivity index (χ1v) is 3.24. The lowest BCUT2D eigenvalue weighted by atomic mass is 10.2. The second kappa shape index (κ2) is 4.55. The second-order valence-corrected chi connectivity index (χ2v) is 2.19. The number of carboxylic acid groups (broad SMARTS) is 1. The minimum absolute atomic E-state index is 0.886. The zero-order chi connectivity index (χ0) is 9.72. The molecule has 70 valence electrons. The Hall–Kier alpha value is -1.30. The van der Waals surface area contributed by atoms with Gasteiger partial charge in [-0.3, -0.25) is 0 Å². The summed E-state index contributed by atoms with van der Waals surface area (Å²) in [6.07, 6.45) is -2.05. The van der Waals surface area contributed by atoms with E-state index in [4.69, 9.17) is 10.2 Å². The Balaban J connectivity index is 4.14. The molecule has 0 bridgehead atoms. The number of carbonyl (C=O) groups excluding carboxylic acids is 1. The Morgan fingerprint density at radius 3 is 2.25 bits per heavy atom. The topological polar surface area (TPSA) is 95.9 Å². The van der Waals surface area contributed by atoms with Crippen molar-refractivity contribution in [1.29, 1.82) is 0 Å². The Morgan fingerprint density at radius 2 is 2.00 bits per heavy atom. The van der Waals surface area contributed by atoms with Crippen molar-refractivity contribution in [3.05, 3.63) is 0 Å². The van der Waals surface area contributed by atoms with Gasteiger partial charge < -0.3 is 20.3 Å². The van der Waals surface area contributed by atoms with Crippen LogP contribution in [0.5, 0.6) is 0 Å². The number of aliphatic hydroxyl groups excluding tert-OH is 1. The molecule has 0 aliphatic carbocycles. The van der Waals surface area contributed by atoms with Crippen molar-refractivity contribution in [2.24, 2.45) is 0 Å². The molecule has 0 aromatic carbocycles. The average molecular weight is 177 g/mol. The summed E-state index contributed by atoms with van der Waals surface area (Å²) in [7, 11) is 1.11. The van der Waals surface area contributed by atoms with E-state index in [2.05, 4.69) is 4.74 Å². The molecule has 0 heterocycles. The lowest BCUT2D eigenvalue weighted by Gasteiger charge is -2.15. The smallest absolute Gasteiger partial charge is 0.407 e. The van der Waals surface area contributed by atoms with Crippen molar-refractivity contribution >= 4 is 12.1 Å². The average Bonchev–Trinajstić information content (AvgIpc) is 1.98. The van der Waals surface area contributed by atoms with Gasteiger partial charge in [0.05, 0.1) is 13.2 Å². The van der Waals surface area contributed by atoms with E-state index in [1.807, 2.05) is 5.32 Å². The molecule has 12 heavy (non-hydrogen) atoms. The predicted molar refractivity (Wildman–Crippen MR) is 38.6 cm³/mol. The molecule has 3 N–H and O–H groups in total. The van der Waals surface area contributed by atoms with Crippen LogP contribution in [-0.2, 0) is 9.53 Å². The number of aliphatic hydroxyl groups is 1. The van der Waals surface area contributed by atoms with Crippen molar-refractivity contribution in [2.45, 2.75) is 19.1 Å². The summed E-state index contributed by atoms with van der Waals surface area (Å²) < 4.78 is 4.16. The normalized spacial score (nSPS) is 14.6. The van der Waals surface area contributed by atoms with E-state index in [0.29, 0.717) is 0 Å². The third kappa shape index (κ3) is 3.20. The molecule has 0 saturated heterocycles. The minimum atomic E-state index is -1.34. The van der Waals surface area contributed by atoms with Crippen molar-refractivity contribution in [3.8, 4) is 0 Å². The van der Waals surface area contributed by atoms with Crippen LogP contribution in [0.15, 0.2) is 0 Å². The second-order valence-electron chi connectivity index (χ2n) is 2.19. The number of hydrogen-bond acceptors (Lipinski definition) is 4. The van der Waals surface area contributed by atoms with Crippen LogP contribution in [0.25, 0.3) is 0 Å². The molecule has 0 aliphatic heterocycles. The summed E-state index contributed by atoms with van der Waals surface area (Å²) >= 11 is 0. The molecular formula is C6H11NO5. The molecule has 0 saturated carbocycles. The van der Waals surface area contributed by atoms with Gasteiger partial charge in [0.15, 0.2) is 6.04 Å². The molecule has 2 atom stereocenters. The fourth-order valence-electron chi connectivity index (χ4n) is 0.575. The van der Waals surface area contributed by atoms with Crippen LogP contribution in [-0.4, -0.2) is 41.5 Å². The first-order chi connectivity index (χ1) is 5.49. The van der Waals surface area contributed by atoms with Gasteiger partial charge >= 0.3 is 12.1 Å². The molecule has 0 aromatic heterocycles. The number of hydrogen-bond donors (Lipinski definition) is 3. The zero-order valence-electron chi connectivity index (χ0n) is 6.77. The Kier molecular flexibility index (Phi) is 4.06.